The van der Waals surface area contributed by atoms with Gasteiger partial charge in [-0.15, -0.1) is 0 Å². The summed E-state index contributed by atoms with van der Waals surface area (Å²) in [6.07, 6.45) is 1.40. The lowest BCUT2D eigenvalue weighted by atomic mass is 9.97. The highest BCUT2D eigenvalue weighted by atomic mass is 32.2. The Hall–Kier alpha value is -0.300. The van der Waals surface area contributed by atoms with Crippen LogP contribution >= 0.6 is 11.8 Å². The Bertz CT molecular complexity index is 211. The van der Waals surface area contributed by atoms with Crippen molar-refractivity contribution in [3.05, 3.63) is 0 Å². The number of rotatable bonds is 9. The number of unbranched alkanes of at least 4 members (excludes halogenated alkanes) is 1. The molecule has 0 spiro atoms. The van der Waals surface area contributed by atoms with E-state index in [0.29, 0.717) is 12.2 Å². The van der Waals surface area contributed by atoms with Gasteiger partial charge in [0, 0.05) is 5.75 Å². The molecule has 0 fully saturated rings. The highest BCUT2D eigenvalue weighted by Gasteiger charge is 2.26. The average Bonchev–Trinajstić information content (AvgIpc) is 2.22. The van der Waals surface area contributed by atoms with Crippen LogP contribution in [0.2, 0.25) is 0 Å². The molecule has 6 heteroatoms. The third-order valence-corrected chi connectivity index (χ3v) is 3.44. The maximum absolute atomic E-state index is 10.7. The predicted molar refractivity (Wildman–Crippen MR) is 64.5 cm³/mol. The second-order valence-electron chi connectivity index (χ2n) is 4.09. The first-order valence-corrected chi connectivity index (χ1v) is 6.44. The molecule has 0 aliphatic heterocycles. The van der Waals surface area contributed by atoms with Crippen LogP contribution in [0.3, 0.4) is 0 Å². The zero-order valence-electron chi connectivity index (χ0n) is 9.56. The Morgan fingerprint density at radius 1 is 1.50 bits per heavy atom. The summed E-state index contributed by atoms with van der Waals surface area (Å²) in [5.74, 6) is 0.373. The van der Waals surface area contributed by atoms with Gasteiger partial charge in [-0.3, -0.25) is 4.79 Å². The molecular weight excluding hydrogens is 230 g/mol. The predicted octanol–water partition coefficient (Wildman–Crippen LogP) is 0.0451. The van der Waals surface area contributed by atoms with Crippen molar-refractivity contribution in [1.29, 1.82) is 0 Å². The molecule has 0 aliphatic rings. The first-order valence-electron chi connectivity index (χ1n) is 5.29. The van der Waals surface area contributed by atoms with E-state index in [2.05, 4.69) is 0 Å². The summed E-state index contributed by atoms with van der Waals surface area (Å²) in [5.41, 5.74) is 4.42. The van der Waals surface area contributed by atoms with Crippen LogP contribution in [0.25, 0.3) is 0 Å². The topological polar surface area (TPSA) is 104 Å². The van der Waals surface area contributed by atoms with Gasteiger partial charge in [0.25, 0.3) is 0 Å². The third-order valence-electron chi connectivity index (χ3n) is 2.24. The van der Waals surface area contributed by atoms with E-state index in [0.717, 1.165) is 18.6 Å². The van der Waals surface area contributed by atoms with Gasteiger partial charge in [0.2, 0.25) is 0 Å². The SMILES string of the molecule is CC(N)(CCCCSCC(O)CO)C(=O)O. The molecule has 0 aromatic carbocycles. The molecule has 5 nitrogen and oxygen atoms in total. The number of carbonyl (C=O) groups is 1. The molecule has 96 valence electrons. The molecule has 16 heavy (non-hydrogen) atoms. The summed E-state index contributed by atoms with van der Waals surface area (Å²) in [6.45, 7) is 1.30. The number of aliphatic hydroxyl groups is 2. The number of nitrogens with two attached hydrogens (primary N) is 1. The van der Waals surface area contributed by atoms with E-state index in [1.165, 1.54) is 6.92 Å². The van der Waals surface area contributed by atoms with Gasteiger partial charge < -0.3 is 21.1 Å². The average molecular weight is 251 g/mol. The van der Waals surface area contributed by atoms with E-state index in [-0.39, 0.29) is 6.61 Å². The van der Waals surface area contributed by atoms with E-state index < -0.39 is 17.6 Å². The summed E-state index contributed by atoms with van der Waals surface area (Å²) < 4.78 is 0. The fraction of sp³-hybridized carbons (Fsp3) is 0.900. The van der Waals surface area contributed by atoms with Gasteiger partial charge >= 0.3 is 5.97 Å². The van der Waals surface area contributed by atoms with Crippen molar-refractivity contribution in [3.8, 4) is 0 Å². The smallest absolute Gasteiger partial charge is 0.323 e. The van der Waals surface area contributed by atoms with Crippen molar-refractivity contribution < 1.29 is 20.1 Å². The lowest BCUT2D eigenvalue weighted by Gasteiger charge is -2.18. The molecule has 0 saturated carbocycles. The quantitative estimate of drug-likeness (QED) is 0.432. The molecule has 0 rings (SSSR count). The van der Waals surface area contributed by atoms with Crippen LogP contribution in [0.5, 0.6) is 0 Å². The van der Waals surface area contributed by atoms with Gasteiger partial charge in [-0.05, 0) is 25.5 Å². The van der Waals surface area contributed by atoms with Crippen LogP contribution in [0.1, 0.15) is 26.2 Å². The summed E-state index contributed by atoms with van der Waals surface area (Å²) in [7, 11) is 0. The number of carboxylic acid groups (broad SMARTS) is 1. The number of carboxylic acids is 1. The maximum Gasteiger partial charge on any atom is 0.323 e. The first-order chi connectivity index (χ1) is 7.40. The molecule has 0 radical (unpaired) electrons. The molecule has 0 heterocycles. The van der Waals surface area contributed by atoms with Crippen molar-refractivity contribution in [2.24, 2.45) is 5.73 Å². The van der Waals surface area contributed by atoms with Crippen molar-refractivity contribution >= 4 is 17.7 Å². The van der Waals surface area contributed by atoms with Crippen molar-refractivity contribution in [1.82, 2.24) is 0 Å². The van der Waals surface area contributed by atoms with E-state index in [4.69, 9.17) is 21.1 Å². The third kappa shape index (κ3) is 7.05. The van der Waals surface area contributed by atoms with Crippen molar-refractivity contribution in [3.63, 3.8) is 0 Å². The van der Waals surface area contributed by atoms with E-state index in [1.807, 2.05) is 0 Å². The van der Waals surface area contributed by atoms with Crippen LogP contribution in [0, 0.1) is 0 Å². The van der Waals surface area contributed by atoms with Gasteiger partial charge in [-0.1, -0.05) is 6.42 Å². The molecule has 0 saturated heterocycles. The lowest BCUT2D eigenvalue weighted by molar-refractivity contribution is -0.142. The molecule has 5 N–H and O–H groups in total. The Morgan fingerprint density at radius 2 is 2.12 bits per heavy atom. The molecule has 2 unspecified atom stereocenters. The number of aliphatic carboxylic acids is 1. The number of hydrogen-bond donors (Lipinski definition) is 4. The van der Waals surface area contributed by atoms with E-state index >= 15 is 0 Å². The van der Waals surface area contributed by atoms with Crippen LogP contribution in [0.4, 0.5) is 0 Å². The highest BCUT2D eigenvalue weighted by molar-refractivity contribution is 7.99. The Labute approximate surface area is 100 Å². The Morgan fingerprint density at radius 3 is 2.62 bits per heavy atom. The standard InChI is InChI=1S/C10H21NO4S/c1-10(11,9(14)15)4-2-3-5-16-7-8(13)6-12/h8,12-13H,2-7,11H2,1H3,(H,14,15). The fourth-order valence-electron chi connectivity index (χ4n) is 1.08. The molecule has 0 aromatic heterocycles. The van der Waals surface area contributed by atoms with Gasteiger partial charge in [-0.2, -0.15) is 11.8 Å². The van der Waals surface area contributed by atoms with Gasteiger partial charge in [0.05, 0.1) is 12.7 Å². The van der Waals surface area contributed by atoms with Gasteiger partial charge in [0.1, 0.15) is 5.54 Å². The number of hydrogen-bond acceptors (Lipinski definition) is 5. The van der Waals surface area contributed by atoms with Gasteiger partial charge in [0.15, 0.2) is 0 Å². The largest absolute Gasteiger partial charge is 0.480 e. The second-order valence-corrected chi connectivity index (χ2v) is 5.24. The normalized spacial score (nSPS) is 16.8. The minimum absolute atomic E-state index is 0.215. The van der Waals surface area contributed by atoms with E-state index in [9.17, 15) is 4.79 Å². The lowest BCUT2D eigenvalue weighted by Crippen LogP contribution is -2.44. The molecule has 0 aromatic rings. The molecule has 0 aliphatic carbocycles. The minimum atomic E-state index is -1.14. The van der Waals surface area contributed by atoms with Crippen molar-refractivity contribution in [2.45, 2.75) is 37.8 Å². The second kappa shape index (κ2) is 7.89. The zero-order valence-corrected chi connectivity index (χ0v) is 10.4. The maximum atomic E-state index is 10.7. The fourth-order valence-corrected chi connectivity index (χ4v) is 2.03. The Balaban J connectivity index is 3.44. The van der Waals surface area contributed by atoms with Crippen LogP contribution < -0.4 is 5.73 Å². The summed E-state index contributed by atoms with van der Waals surface area (Å²) in [5, 5.41) is 26.4. The Kier molecular flexibility index (Phi) is 7.74. The van der Waals surface area contributed by atoms with Crippen LogP contribution in [-0.2, 0) is 4.79 Å². The van der Waals surface area contributed by atoms with Crippen LogP contribution in [-0.4, -0.2) is 51.0 Å². The van der Waals surface area contributed by atoms with E-state index in [1.54, 1.807) is 11.8 Å². The van der Waals surface area contributed by atoms with Crippen molar-refractivity contribution in [2.75, 3.05) is 18.1 Å². The summed E-state index contributed by atoms with van der Waals surface area (Å²) in [6, 6.07) is 0. The van der Waals surface area contributed by atoms with Gasteiger partial charge in [-0.25, -0.2) is 0 Å². The monoisotopic (exact) mass is 251 g/mol. The van der Waals surface area contributed by atoms with Crippen LogP contribution in [0.15, 0.2) is 0 Å². The number of aliphatic hydroxyl groups excluding tert-OH is 2. The molecule has 0 amide bonds. The zero-order chi connectivity index (χ0) is 12.6. The summed E-state index contributed by atoms with van der Waals surface area (Å²) in [4.78, 5) is 10.7. The molecular formula is C10H21NO4S. The minimum Gasteiger partial charge on any atom is -0.480 e. The number of thioether (sulfide) groups is 1. The summed E-state index contributed by atoms with van der Waals surface area (Å²) >= 11 is 1.55. The first kappa shape index (κ1) is 15.7. The molecule has 2 atom stereocenters. The molecule has 0 bridgehead atoms. The highest BCUT2D eigenvalue weighted by Crippen LogP contribution is 2.13.